The van der Waals surface area contributed by atoms with Crippen LogP contribution in [-0.4, -0.2) is 72.8 Å². The van der Waals surface area contributed by atoms with Crippen LogP contribution in [0.15, 0.2) is 109 Å². The molecule has 12 nitrogen and oxygen atoms in total. The molecule has 0 aliphatic heterocycles. The lowest BCUT2D eigenvalue weighted by Crippen LogP contribution is -2.29. The smallest absolute Gasteiger partial charge is 0.488 e. The Balaban J connectivity index is 1.29. The quantitative estimate of drug-likeness (QED) is 0.0837. The van der Waals surface area contributed by atoms with Crippen molar-refractivity contribution < 1.29 is 58.6 Å². The van der Waals surface area contributed by atoms with Gasteiger partial charge in [-0.25, -0.2) is 0 Å². The van der Waals surface area contributed by atoms with Crippen LogP contribution >= 0.6 is 0 Å². The predicted molar refractivity (Wildman–Crippen MR) is 229 cm³/mol. The Morgan fingerprint density at radius 2 is 0.617 bits per heavy atom. The normalized spacial score (nSPS) is 11.8. The topological polar surface area (TPSA) is 177 Å². The fraction of sp³-hybridized carbons (Fsp3) is 0.200. The molecule has 0 heterocycles. The van der Waals surface area contributed by atoms with Crippen LogP contribution in [-0.2, 0) is 39.1 Å². The molecule has 0 saturated carbocycles. The molecule has 306 valence electrons. The van der Waals surface area contributed by atoms with E-state index in [1.54, 1.807) is 75.9 Å². The molecule has 6 N–H and O–H groups in total. The fourth-order valence-corrected chi connectivity index (χ4v) is 7.37. The minimum atomic E-state index is -1.60. The Morgan fingerprint density at radius 3 is 0.850 bits per heavy atom. The summed E-state index contributed by atoms with van der Waals surface area (Å²) in [5.41, 5.74) is 9.25. The average molecular weight is 810 g/mol. The molecule has 0 bridgehead atoms. The molecule has 6 aromatic rings. The van der Waals surface area contributed by atoms with Crippen LogP contribution in [0.2, 0.25) is 0 Å². The summed E-state index contributed by atoms with van der Waals surface area (Å²) < 4.78 is 36.7. The molecule has 15 heteroatoms. The summed E-state index contributed by atoms with van der Waals surface area (Å²) in [6.45, 7) is 0.472. The number of hydrogen-bond donors (Lipinski definition) is 6. The van der Waals surface area contributed by atoms with Crippen LogP contribution in [0.3, 0.4) is 0 Å². The summed E-state index contributed by atoms with van der Waals surface area (Å²) in [5.74, 6) is 3.14. The van der Waals surface area contributed by atoms with E-state index in [0.717, 1.165) is 50.1 Å². The second-order valence-corrected chi connectivity index (χ2v) is 14.6. The summed E-state index contributed by atoms with van der Waals surface area (Å²) in [5, 5.41) is 58.3. The van der Waals surface area contributed by atoms with Crippen molar-refractivity contribution in [3.05, 3.63) is 159 Å². The number of ether oxygens (including phenoxy) is 6. The highest BCUT2D eigenvalue weighted by molar-refractivity contribution is 6.59. The maximum absolute atomic E-state index is 9.72. The van der Waals surface area contributed by atoms with Crippen LogP contribution < -0.4 is 44.8 Å². The van der Waals surface area contributed by atoms with E-state index in [1.807, 2.05) is 54.6 Å². The molecule has 1 aliphatic rings. The monoisotopic (exact) mass is 810 g/mol. The zero-order valence-electron chi connectivity index (χ0n) is 33.5. The summed E-state index contributed by atoms with van der Waals surface area (Å²) in [4.78, 5) is 0. The first-order valence-corrected chi connectivity index (χ1v) is 19.3. The highest BCUT2D eigenvalue weighted by Gasteiger charge is 2.23. The van der Waals surface area contributed by atoms with Gasteiger partial charge in [0.05, 0.1) is 21.3 Å². The van der Waals surface area contributed by atoms with Gasteiger partial charge >= 0.3 is 21.4 Å². The Bertz CT molecular complexity index is 2190. The van der Waals surface area contributed by atoms with Crippen LogP contribution in [0.1, 0.15) is 50.1 Å². The zero-order chi connectivity index (χ0) is 42.3. The van der Waals surface area contributed by atoms with E-state index in [2.05, 4.69) is 0 Å². The second-order valence-electron chi connectivity index (χ2n) is 14.6. The van der Waals surface area contributed by atoms with Crippen LogP contribution in [0.4, 0.5) is 0 Å². The van der Waals surface area contributed by atoms with E-state index in [4.69, 9.17) is 28.4 Å². The van der Waals surface area contributed by atoms with E-state index >= 15 is 0 Å². The zero-order valence-corrected chi connectivity index (χ0v) is 33.5. The van der Waals surface area contributed by atoms with Gasteiger partial charge in [-0.15, -0.1) is 0 Å². The minimum absolute atomic E-state index is 0.157. The first-order chi connectivity index (χ1) is 29.0. The first-order valence-electron chi connectivity index (χ1n) is 19.3. The molecule has 7 rings (SSSR count). The third-order valence-electron chi connectivity index (χ3n) is 10.5. The lowest BCUT2D eigenvalue weighted by Gasteiger charge is -2.18. The molecule has 0 radical (unpaired) electrons. The van der Waals surface area contributed by atoms with Gasteiger partial charge in [0.1, 0.15) is 19.8 Å². The standard InChI is InChI=1S/C45H45B3O12/c1-55-40-19-31-16-35-23-44(59-26-29-8-5-11-38(14-29)47(51)52)42(57-3)21-33(35)18-36-24-45(60-27-30-9-6-12-39(15-30)48(53)54)41(56-2)20-32(36)17-34(31)22-43(40)58-25-28-7-4-10-37(13-28)46(49)50/h4-15,19-24,49-54H,16-18,25-27H2,1-3H3. The average Bonchev–Trinajstić information content (AvgIpc) is 3.31. The third-order valence-corrected chi connectivity index (χ3v) is 10.5. The van der Waals surface area contributed by atoms with Crippen molar-refractivity contribution in [1.82, 2.24) is 0 Å². The summed E-state index contributed by atoms with van der Waals surface area (Å²) in [6.07, 6.45) is 1.52. The predicted octanol–water partition coefficient (Wildman–Crippen LogP) is 2.57. The number of methoxy groups -OCH3 is 3. The second kappa shape index (κ2) is 19.0. The van der Waals surface area contributed by atoms with Gasteiger partial charge < -0.3 is 58.6 Å². The maximum atomic E-state index is 9.72. The van der Waals surface area contributed by atoms with Crippen molar-refractivity contribution in [2.45, 2.75) is 39.1 Å². The van der Waals surface area contributed by atoms with Gasteiger partial charge in [-0.1, -0.05) is 72.8 Å². The van der Waals surface area contributed by atoms with Crippen LogP contribution in [0, 0.1) is 0 Å². The Kier molecular flexibility index (Phi) is 13.4. The van der Waals surface area contributed by atoms with Gasteiger partial charge in [-0.05, 0) is 122 Å². The van der Waals surface area contributed by atoms with Crippen molar-refractivity contribution >= 4 is 37.7 Å². The summed E-state index contributed by atoms with van der Waals surface area (Å²) in [7, 11) is -0.0393. The van der Waals surface area contributed by atoms with Gasteiger partial charge in [-0.2, -0.15) is 0 Å². The molecule has 0 amide bonds. The summed E-state index contributed by atoms with van der Waals surface area (Å²) >= 11 is 0. The van der Waals surface area contributed by atoms with E-state index in [1.165, 1.54) is 0 Å². The lowest BCUT2D eigenvalue weighted by atomic mass is 9.80. The van der Waals surface area contributed by atoms with E-state index < -0.39 is 21.4 Å². The molecule has 0 spiro atoms. The van der Waals surface area contributed by atoms with E-state index in [-0.39, 0.29) is 19.8 Å². The molecular weight excluding hydrogens is 765 g/mol. The third kappa shape index (κ3) is 9.91. The van der Waals surface area contributed by atoms with E-state index in [0.29, 0.717) is 70.1 Å². The SMILES string of the molecule is COc1cc2c(cc1OCc1cccc(B(O)O)c1)Cc1cc(OC)c(OCc3cccc(B(O)O)c3)cc1Cc1cc(OC)c(OCc3cccc(B(O)O)c3)cc1C2. The minimum Gasteiger partial charge on any atom is -0.493 e. The van der Waals surface area contributed by atoms with Gasteiger partial charge in [0.2, 0.25) is 0 Å². The van der Waals surface area contributed by atoms with Crippen molar-refractivity contribution in [3.8, 4) is 34.5 Å². The maximum Gasteiger partial charge on any atom is 0.488 e. The molecule has 0 aromatic heterocycles. The molecular formula is C45H45B3O12. The molecule has 6 aromatic carbocycles. The van der Waals surface area contributed by atoms with Crippen molar-refractivity contribution in [3.63, 3.8) is 0 Å². The number of benzene rings is 6. The van der Waals surface area contributed by atoms with Crippen LogP contribution in [0.5, 0.6) is 34.5 Å². The van der Waals surface area contributed by atoms with Crippen molar-refractivity contribution in [1.29, 1.82) is 0 Å². The van der Waals surface area contributed by atoms with Gasteiger partial charge in [0.15, 0.2) is 34.5 Å². The van der Waals surface area contributed by atoms with Crippen molar-refractivity contribution in [2.75, 3.05) is 21.3 Å². The molecule has 0 fully saturated rings. The molecule has 60 heavy (non-hydrogen) atoms. The number of fused-ring (bicyclic) bond motifs is 3. The highest BCUT2D eigenvalue weighted by atomic mass is 16.5. The lowest BCUT2D eigenvalue weighted by molar-refractivity contribution is 0.283. The van der Waals surface area contributed by atoms with Gasteiger partial charge in [-0.3, -0.25) is 0 Å². The molecule has 1 aliphatic carbocycles. The number of rotatable bonds is 15. The molecule has 0 unspecified atom stereocenters. The van der Waals surface area contributed by atoms with Gasteiger partial charge in [0.25, 0.3) is 0 Å². The highest BCUT2D eigenvalue weighted by Crippen LogP contribution is 2.41. The van der Waals surface area contributed by atoms with Gasteiger partial charge in [0, 0.05) is 0 Å². The number of hydrogen-bond acceptors (Lipinski definition) is 12. The van der Waals surface area contributed by atoms with Crippen molar-refractivity contribution in [2.24, 2.45) is 0 Å². The fourth-order valence-electron chi connectivity index (χ4n) is 7.37. The van der Waals surface area contributed by atoms with E-state index in [9.17, 15) is 30.1 Å². The Labute approximate surface area is 349 Å². The molecule has 0 atom stereocenters. The first kappa shape index (κ1) is 42.2. The van der Waals surface area contributed by atoms with Crippen LogP contribution in [0.25, 0.3) is 0 Å². The molecule has 0 saturated heterocycles. The Morgan fingerprint density at radius 1 is 0.367 bits per heavy atom. The largest absolute Gasteiger partial charge is 0.493 e. The summed E-state index contributed by atoms with van der Waals surface area (Å²) in [6, 6.07) is 32.6. The Hall–Kier alpha value is -5.93.